The Morgan fingerprint density at radius 2 is 2.11 bits per heavy atom. The molecule has 0 N–H and O–H groups in total. The standard InChI is InChI=1S/C14H18N2O3/c1-6-19-14(17)11-7-10-8(2)9(3)15-13(18-5)12(10)16(11)4/h7H,6H2,1-5H3. The summed E-state index contributed by atoms with van der Waals surface area (Å²) in [5, 5.41) is 0.968. The first-order valence-corrected chi connectivity index (χ1v) is 6.19. The van der Waals surface area contributed by atoms with Crippen molar-refractivity contribution < 1.29 is 14.3 Å². The molecule has 5 heteroatoms. The zero-order valence-corrected chi connectivity index (χ0v) is 11.9. The molecule has 0 amide bonds. The molecule has 2 aromatic rings. The number of nitrogens with zero attached hydrogens (tertiary/aromatic N) is 2. The number of aryl methyl sites for hydroxylation is 3. The monoisotopic (exact) mass is 262 g/mol. The first kappa shape index (κ1) is 13.4. The molecule has 0 unspecified atom stereocenters. The number of hydrogen-bond acceptors (Lipinski definition) is 4. The number of esters is 1. The van der Waals surface area contributed by atoms with Crippen LogP contribution < -0.4 is 4.74 Å². The number of methoxy groups -OCH3 is 1. The van der Waals surface area contributed by atoms with E-state index in [1.165, 1.54) is 0 Å². The van der Waals surface area contributed by atoms with Crippen LogP contribution in [0.5, 0.6) is 5.88 Å². The molecule has 0 fully saturated rings. The Morgan fingerprint density at radius 1 is 1.42 bits per heavy atom. The molecule has 0 aromatic carbocycles. The number of hydrogen-bond donors (Lipinski definition) is 0. The van der Waals surface area contributed by atoms with E-state index in [1.807, 2.05) is 27.0 Å². The molecule has 19 heavy (non-hydrogen) atoms. The molecule has 0 bridgehead atoms. The number of carbonyl (C=O) groups is 1. The molecule has 0 aliphatic carbocycles. The van der Waals surface area contributed by atoms with Crippen LogP contribution >= 0.6 is 0 Å². The molecular weight excluding hydrogens is 244 g/mol. The Hall–Kier alpha value is -2.04. The fourth-order valence-electron chi connectivity index (χ4n) is 2.17. The second kappa shape index (κ2) is 4.91. The van der Waals surface area contributed by atoms with Gasteiger partial charge in [0, 0.05) is 18.1 Å². The van der Waals surface area contributed by atoms with Gasteiger partial charge in [-0.15, -0.1) is 0 Å². The van der Waals surface area contributed by atoms with E-state index in [9.17, 15) is 4.79 Å². The highest BCUT2D eigenvalue weighted by Crippen LogP contribution is 2.30. The summed E-state index contributed by atoms with van der Waals surface area (Å²) >= 11 is 0. The molecule has 2 rings (SSSR count). The lowest BCUT2D eigenvalue weighted by atomic mass is 10.1. The maximum Gasteiger partial charge on any atom is 0.354 e. The van der Waals surface area contributed by atoms with Gasteiger partial charge in [-0.25, -0.2) is 9.78 Å². The molecule has 0 aliphatic rings. The fraction of sp³-hybridized carbons (Fsp3) is 0.429. The van der Waals surface area contributed by atoms with Crippen LogP contribution in [0.1, 0.15) is 28.7 Å². The zero-order valence-electron chi connectivity index (χ0n) is 11.9. The topological polar surface area (TPSA) is 53.4 Å². The minimum atomic E-state index is -0.333. The normalized spacial score (nSPS) is 10.8. The van der Waals surface area contributed by atoms with Crippen molar-refractivity contribution >= 4 is 16.9 Å². The van der Waals surface area contributed by atoms with Gasteiger partial charge in [0.05, 0.1) is 13.7 Å². The van der Waals surface area contributed by atoms with Crippen molar-refractivity contribution in [2.45, 2.75) is 20.8 Å². The Labute approximate surface area is 112 Å². The van der Waals surface area contributed by atoms with Crippen LogP contribution in [0.25, 0.3) is 10.9 Å². The Bertz CT molecular complexity index is 644. The minimum absolute atomic E-state index is 0.333. The summed E-state index contributed by atoms with van der Waals surface area (Å²) in [7, 11) is 3.39. The molecule has 0 saturated carbocycles. The van der Waals surface area contributed by atoms with Gasteiger partial charge in [-0.05, 0) is 32.4 Å². The lowest BCUT2D eigenvalue weighted by Gasteiger charge is -2.08. The summed E-state index contributed by atoms with van der Waals surface area (Å²) in [6.07, 6.45) is 0. The minimum Gasteiger partial charge on any atom is -0.479 e. The molecule has 0 spiro atoms. The number of rotatable bonds is 3. The van der Waals surface area contributed by atoms with E-state index in [2.05, 4.69) is 4.98 Å². The SMILES string of the molecule is CCOC(=O)c1cc2c(C)c(C)nc(OC)c2n1C. The third kappa shape index (κ3) is 2.05. The van der Waals surface area contributed by atoms with Crippen LogP contribution in [-0.4, -0.2) is 29.2 Å². The molecular formula is C14H18N2O3. The summed E-state index contributed by atoms with van der Waals surface area (Å²) in [6, 6.07) is 1.83. The van der Waals surface area contributed by atoms with E-state index in [-0.39, 0.29) is 5.97 Å². The lowest BCUT2D eigenvalue weighted by Crippen LogP contribution is -2.09. The van der Waals surface area contributed by atoms with Gasteiger partial charge >= 0.3 is 5.97 Å². The Balaban J connectivity index is 2.75. The van der Waals surface area contributed by atoms with E-state index in [4.69, 9.17) is 9.47 Å². The highest BCUT2D eigenvalue weighted by Gasteiger charge is 2.20. The predicted octanol–water partition coefficient (Wildman–Crippen LogP) is 2.38. The molecule has 0 atom stereocenters. The summed E-state index contributed by atoms with van der Waals surface area (Å²) in [4.78, 5) is 16.3. The molecule has 0 radical (unpaired) electrons. The van der Waals surface area contributed by atoms with Gasteiger partial charge in [0.25, 0.3) is 0 Å². The van der Waals surface area contributed by atoms with E-state index >= 15 is 0 Å². The number of pyridine rings is 1. The molecule has 2 heterocycles. The fourth-order valence-corrected chi connectivity index (χ4v) is 2.17. The smallest absolute Gasteiger partial charge is 0.354 e. The van der Waals surface area contributed by atoms with Crippen molar-refractivity contribution in [1.29, 1.82) is 0 Å². The van der Waals surface area contributed by atoms with Crippen LogP contribution in [0.15, 0.2) is 6.07 Å². The third-order valence-electron chi connectivity index (χ3n) is 3.33. The summed E-state index contributed by atoms with van der Waals surface area (Å²) in [6.45, 7) is 6.05. The average molecular weight is 262 g/mol. The highest BCUT2D eigenvalue weighted by molar-refractivity contribution is 5.98. The number of aromatic nitrogens is 2. The maximum absolute atomic E-state index is 11.9. The first-order valence-electron chi connectivity index (χ1n) is 6.19. The molecule has 5 nitrogen and oxygen atoms in total. The number of fused-ring (bicyclic) bond motifs is 1. The van der Waals surface area contributed by atoms with E-state index in [0.717, 1.165) is 22.2 Å². The molecule has 102 valence electrons. The molecule has 2 aromatic heterocycles. The van der Waals surface area contributed by atoms with Gasteiger partial charge in [0.15, 0.2) is 0 Å². The third-order valence-corrected chi connectivity index (χ3v) is 3.33. The van der Waals surface area contributed by atoms with Crippen molar-refractivity contribution in [2.24, 2.45) is 7.05 Å². The van der Waals surface area contributed by atoms with Gasteiger partial charge in [-0.2, -0.15) is 0 Å². The van der Waals surface area contributed by atoms with Crippen LogP contribution in [0.3, 0.4) is 0 Å². The Morgan fingerprint density at radius 3 is 2.68 bits per heavy atom. The Kier molecular flexibility index (Phi) is 3.46. The first-order chi connectivity index (χ1) is 9.01. The predicted molar refractivity (Wildman–Crippen MR) is 72.7 cm³/mol. The van der Waals surface area contributed by atoms with Gasteiger partial charge < -0.3 is 14.0 Å². The van der Waals surface area contributed by atoms with E-state index in [0.29, 0.717) is 18.2 Å². The van der Waals surface area contributed by atoms with Crippen LogP contribution in [-0.2, 0) is 11.8 Å². The van der Waals surface area contributed by atoms with Crippen LogP contribution in [0, 0.1) is 13.8 Å². The van der Waals surface area contributed by atoms with Crippen LogP contribution in [0.2, 0.25) is 0 Å². The largest absolute Gasteiger partial charge is 0.479 e. The van der Waals surface area contributed by atoms with Crippen LogP contribution in [0.4, 0.5) is 0 Å². The second-order valence-corrected chi connectivity index (χ2v) is 4.40. The number of ether oxygens (including phenoxy) is 2. The van der Waals surface area contributed by atoms with Gasteiger partial charge in [0.1, 0.15) is 11.2 Å². The molecule has 0 saturated heterocycles. The van der Waals surface area contributed by atoms with E-state index in [1.54, 1.807) is 18.6 Å². The quantitative estimate of drug-likeness (QED) is 0.797. The highest BCUT2D eigenvalue weighted by atomic mass is 16.5. The summed E-state index contributed by atoms with van der Waals surface area (Å²) in [5.74, 6) is 0.191. The number of carbonyl (C=O) groups excluding carboxylic acids is 1. The van der Waals surface area contributed by atoms with Crippen molar-refractivity contribution in [1.82, 2.24) is 9.55 Å². The summed E-state index contributed by atoms with van der Waals surface area (Å²) < 4.78 is 12.1. The van der Waals surface area contributed by atoms with Gasteiger partial charge in [-0.1, -0.05) is 0 Å². The van der Waals surface area contributed by atoms with Gasteiger partial charge in [-0.3, -0.25) is 0 Å². The van der Waals surface area contributed by atoms with Gasteiger partial charge in [0.2, 0.25) is 5.88 Å². The lowest BCUT2D eigenvalue weighted by molar-refractivity contribution is 0.0516. The summed E-state index contributed by atoms with van der Waals surface area (Å²) in [5.41, 5.74) is 3.26. The molecule has 0 aliphatic heterocycles. The van der Waals surface area contributed by atoms with Crippen molar-refractivity contribution in [3.8, 4) is 5.88 Å². The van der Waals surface area contributed by atoms with Crippen molar-refractivity contribution in [3.63, 3.8) is 0 Å². The average Bonchev–Trinajstić information content (AvgIpc) is 2.73. The van der Waals surface area contributed by atoms with Crippen molar-refractivity contribution in [2.75, 3.05) is 13.7 Å². The van der Waals surface area contributed by atoms with Crippen molar-refractivity contribution in [3.05, 3.63) is 23.0 Å². The van der Waals surface area contributed by atoms with E-state index < -0.39 is 0 Å². The second-order valence-electron chi connectivity index (χ2n) is 4.40. The zero-order chi connectivity index (χ0) is 14.2. The maximum atomic E-state index is 11.9.